The second-order valence-electron chi connectivity index (χ2n) is 3.22. The van der Waals surface area contributed by atoms with Gasteiger partial charge in [-0.1, -0.05) is 6.92 Å². The zero-order chi connectivity index (χ0) is 9.68. The van der Waals surface area contributed by atoms with Crippen molar-refractivity contribution in [1.82, 2.24) is 0 Å². The zero-order valence-electron chi connectivity index (χ0n) is 8.25. The Labute approximate surface area is 78.9 Å². The van der Waals surface area contributed by atoms with E-state index in [2.05, 4.69) is 6.92 Å². The third-order valence-corrected chi connectivity index (χ3v) is 2.05. The number of hydrogen-bond acceptors (Lipinski definition) is 3. The molecule has 0 spiro atoms. The molecule has 1 aromatic rings. The molecular weight excluding hydrogens is 166 g/mol. The highest BCUT2D eigenvalue weighted by atomic mass is 16.5. The van der Waals surface area contributed by atoms with E-state index in [1.807, 2.05) is 12.1 Å². The third kappa shape index (κ3) is 2.86. The third-order valence-electron chi connectivity index (χ3n) is 2.05. The molecule has 1 aromatic heterocycles. The lowest BCUT2D eigenvalue weighted by molar-refractivity contribution is 0.162. The lowest BCUT2D eigenvalue weighted by Gasteiger charge is -2.05. The Balaban J connectivity index is 2.56. The molecule has 3 heteroatoms. The van der Waals surface area contributed by atoms with Crippen molar-refractivity contribution in [1.29, 1.82) is 0 Å². The number of hydrogen-bond donors (Lipinski definition) is 1. The van der Waals surface area contributed by atoms with E-state index in [1.54, 1.807) is 7.11 Å². The second kappa shape index (κ2) is 5.04. The van der Waals surface area contributed by atoms with Crippen molar-refractivity contribution in [3.8, 4) is 0 Å². The van der Waals surface area contributed by atoms with Crippen LogP contribution in [0.15, 0.2) is 16.5 Å². The number of ether oxygens (including phenoxy) is 1. The molecule has 1 unspecified atom stereocenters. The summed E-state index contributed by atoms with van der Waals surface area (Å²) < 4.78 is 10.5. The molecule has 74 valence electrons. The first kappa shape index (κ1) is 10.3. The highest BCUT2D eigenvalue weighted by Crippen LogP contribution is 2.21. The predicted molar refractivity (Wildman–Crippen MR) is 51.5 cm³/mol. The first-order chi connectivity index (χ1) is 6.27. The normalized spacial score (nSPS) is 13.2. The summed E-state index contributed by atoms with van der Waals surface area (Å²) in [7, 11) is 1.66. The van der Waals surface area contributed by atoms with Crippen LogP contribution >= 0.6 is 0 Å². The lowest BCUT2D eigenvalue weighted by Crippen LogP contribution is -2.03. The van der Waals surface area contributed by atoms with Crippen LogP contribution in [-0.4, -0.2) is 13.7 Å². The molecule has 1 rings (SSSR count). The van der Waals surface area contributed by atoms with Crippen molar-refractivity contribution in [2.75, 3.05) is 13.7 Å². The van der Waals surface area contributed by atoms with Gasteiger partial charge in [-0.2, -0.15) is 0 Å². The molecule has 0 saturated heterocycles. The van der Waals surface area contributed by atoms with E-state index in [0.717, 1.165) is 17.9 Å². The van der Waals surface area contributed by atoms with Crippen LogP contribution in [0.5, 0.6) is 0 Å². The van der Waals surface area contributed by atoms with Gasteiger partial charge in [0.25, 0.3) is 0 Å². The minimum Gasteiger partial charge on any atom is -0.463 e. The van der Waals surface area contributed by atoms with Gasteiger partial charge in [0.2, 0.25) is 0 Å². The molecule has 0 aliphatic rings. The molecule has 0 fully saturated rings. The largest absolute Gasteiger partial charge is 0.463 e. The van der Waals surface area contributed by atoms with Gasteiger partial charge < -0.3 is 14.9 Å². The first-order valence-corrected chi connectivity index (χ1v) is 4.55. The average molecular weight is 183 g/mol. The summed E-state index contributed by atoms with van der Waals surface area (Å²) in [6, 6.07) is 3.94. The van der Waals surface area contributed by atoms with E-state index >= 15 is 0 Å². The molecule has 0 aromatic carbocycles. The summed E-state index contributed by atoms with van der Waals surface area (Å²) in [5, 5.41) is 0. The molecule has 0 bridgehead atoms. The standard InChI is InChI=1S/C10H17NO2/c1-8(5-6-11)10-4-3-9(13-10)7-12-2/h3-4,8H,5-7,11H2,1-2H3. The summed E-state index contributed by atoms with van der Waals surface area (Å²) in [5.41, 5.74) is 5.47. The molecule has 1 heterocycles. The highest BCUT2D eigenvalue weighted by molar-refractivity contribution is 5.10. The quantitative estimate of drug-likeness (QED) is 0.758. The molecule has 0 aliphatic heterocycles. The van der Waals surface area contributed by atoms with E-state index in [-0.39, 0.29) is 0 Å². The van der Waals surface area contributed by atoms with Crippen LogP contribution < -0.4 is 5.73 Å². The number of nitrogens with two attached hydrogens (primary N) is 1. The Kier molecular flexibility index (Phi) is 3.99. The van der Waals surface area contributed by atoms with Gasteiger partial charge in [0, 0.05) is 13.0 Å². The van der Waals surface area contributed by atoms with Gasteiger partial charge in [-0.15, -0.1) is 0 Å². The van der Waals surface area contributed by atoms with Crippen molar-refractivity contribution in [2.24, 2.45) is 5.73 Å². The van der Waals surface area contributed by atoms with Gasteiger partial charge in [0.15, 0.2) is 0 Å². The topological polar surface area (TPSA) is 48.4 Å². The van der Waals surface area contributed by atoms with E-state index in [4.69, 9.17) is 14.9 Å². The number of furan rings is 1. The van der Waals surface area contributed by atoms with Crippen LogP contribution in [0.4, 0.5) is 0 Å². The Morgan fingerprint density at radius 1 is 1.54 bits per heavy atom. The summed E-state index contributed by atoms with van der Waals surface area (Å²) >= 11 is 0. The van der Waals surface area contributed by atoms with Crippen LogP contribution in [0.3, 0.4) is 0 Å². The minimum absolute atomic E-state index is 0.399. The second-order valence-corrected chi connectivity index (χ2v) is 3.22. The molecule has 0 aliphatic carbocycles. The van der Waals surface area contributed by atoms with Crippen LogP contribution in [0.1, 0.15) is 30.8 Å². The van der Waals surface area contributed by atoms with Gasteiger partial charge in [0.05, 0.1) is 0 Å². The Morgan fingerprint density at radius 2 is 2.31 bits per heavy atom. The maximum absolute atomic E-state index is 5.56. The van der Waals surface area contributed by atoms with E-state index < -0.39 is 0 Å². The van der Waals surface area contributed by atoms with Gasteiger partial charge in [-0.25, -0.2) is 0 Å². The summed E-state index contributed by atoms with van der Waals surface area (Å²) in [5.74, 6) is 2.27. The maximum atomic E-state index is 5.56. The van der Waals surface area contributed by atoms with Crippen molar-refractivity contribution >= 4 is 0 Å². The fraction of sp³-hybridized carbons (Fsp3) is 0.600. The molecule has 13 heavy (non-hydrogen) atoms. The van der Waals surface area contributed by atoms with E-state index in [1.165, 1.54) is 0 Å². The number of rotatable bonds is 5. The van der Waals surface area contributed by atoms with Crippen LogP contribution in [0.25, 0.3) is 0 Å². The van der Waals surface area contributed by atoms with Crippen LogP contribution in [-0.2, 0) is 11.3 Å². The summed E-state index contributed by atoms with van der Waals surface area (Å²) in [4.78, 5) is 0. The molecule has 0 saturated carbocycles. The summed E-state index contributed by atoms with van der Waals surface area (Å²) in [6.07, 6.45) is 0.958. The number of methoxy groups -OCH3 is 1. The Hall–Kier alpha value is -0.800. The summed E-state index contributed by atoms with van der Waals surface area (Å²) in [6.45, 7) is 3.35. The molecular formula is C10H17NO2. The van der Waals surface area contributed by atoms with Crippen LogP contribution in [0.2, 0.25) is 0 Å². The van der Waals surface area contributed by atoms with Crippen molar-refractivity contribution < 1.29 is 9.15 Å². The van der Waals surface area contributed by atoms with Gasteiger partial charge >= 0.3 is 0 Å². The van der Waals surface area contributed by atoms with Gasteiger partial charge in [-0.3, -0.25) is 0 Å². The average Bonchev–Trinajstić information content (AvgIpc) is 2.54. The van der Waals surface area contributed by atoms with E-state index in [0.29, 0.717) is 19.1 Å². The maximum Gasteiger partial charge on any atom is 0.129 e. The lowest BCUT2D eigenvalue weighted by atomic mass is 10.1. The molecule has 3 nitrogen and oxygen atoms in total. The smallest absolute Gasteiger partial charge is 0.129 e. The predicted octanol–water partition coefficient (Wildman–Crippen LogP) is 1.88. The Morgan fingerprint density at radius 3 is 2.92 bits per heavy atom. The SMILES string of the molecule is COCc1ccc(C(C)CCN)o1. The zero-order valence-corrected chi connectivity index (χ0v) is 8.25. The monoisotopic (exact) mass is 183 g/mol. The van der Waals surface area contributed by atoms with Crippen molar-refractivity contribution in [3.63, 3.8) is 0 Å². The molecule has 1 atom stereocenters. The first-order valence-electron chi connectivity index (χ1n) is 4.55. The molecule has 2 N–H and O–H groups in total. The van der Waals surface area contributed by atoms with Crippen molar-refractivity contribution in [2.45, 2.75) is 25.9 Å². The Bertz CT molecular complexity index is 245. The highest BCUT2D eigenvalue weighted by Gasteiger charge is 2.09. The fourth-order valence-electron chi connectivity index (χ4n) is 1.27. The van der Waals surface area contributed by atoms with Crippen LogP contribution in [0, 0.1) is 0 Å². The van der Waals surface area contributed by atoms with Gasteiger partial charge in [-0.05, 0) is 25.1 Å². The van der Waals surface area contributed by atoms with Gasteiger partial charge in [0.1, 0.15) is 18.1 Å². The molecule has 0 amide bonds. The fourth-order valence-corrected chi connectivity index (χ4v) is 1.27. The molecule has 0 radical (unpaired) electrons. The van der Waals surface area contributed by atoms with E-state index in [9.17, 15) is 0 Å². The minimum atomic E-state index is 0.399. The van der Waals surface area contributed by atoms with Crippen molar-refractivity contribution in [3.05, 3.63) is 23.7 Å².